The van der Waals surface area contributed by atoms with Crippen molar-refractivity contribution in [3.63, 3.8) is 0 Å². The molecule has 0 amide bonds. The summed E-state index contributed by atoms with van der Waals surface area (Å²) < 4.78 is 7.81. The maximum Gasteiger partial charge on any atom is 0.333 e. The predicted octanol–water partition coefficient (Wildman–Crippen LogP) is 5.42. The van der Waals surface area contributed by atoms with Crippen molar-refractivity contribution in [1.29, 1.82) is 0 Å². The number of hydrogen-bond donors (Lipinski definition) is 0. The first kappa shape index (κ1) is 16.5. The van der Waals surface area contributed by atoms with E-state index in [0.29, 0.717) is 16.9 Å². The fourth-order valence-electron chi connectivity index (χ4n) is 5.49. The van der Waals surface area contributed by atoms with Crippen molar-refractivity contribution in [2.24, 2.45) is 23.2 Å². The minimum absolute atomic E-state index is 0.0702. The lowest BCUT2D eigenvalue weighted by Gasteiger charge is -2.44. The molecule has 3 aliphatic rings. The highest BCUT2D eigenvalue weighted by atomic mass is 127. The summed E-state index contributed by atoms with van der Waals surface area (Å²) in [5.41, 5.74) is 2.79. The molecule has 0 aromatic rings. The van der Waals surface area contributed by atoms with E-state index >= 15 is 0 Å². The second-order valence-corrected chi connectivity index (χ2v) is 8.45. The molecule has 3 heteroatoms. The Morgan fingerprint density at radius 2 is 2.27 bits per heavy atom. The first-order valence-corrected chi connectivity index (χ1v) is 9.88. The summed E-state index contributed by atoms with van der Waals surface area (Å²) in [6.07, 6.45) is 8.47. The van der Waals surface area contributed by atoms with E-state index in [-0.39, 0.29) is 12.1 Å². The summed E-state index contributed by atoms with van der Waals surface area (Å²) in [6, 6.07) is 0. The van der Waals surface area contributed by atoms with Crippen LogP contribution in [-0.2, 0) is 9.53 Å². The number of halogens is 1. The Labute approximate surface area is 147 Å². The second-order valence-electron chi connectivity index (χ2n) is 7.83. The van der Waals surface area contributed by atoms with E-state index in [9.17, 15) is 4.79 Å². The van der Waals surface area contributed by atoms with Crippen LogP contribution < -0.4 is 0 Å². The van der Waals surface area contributed by atoms with Gasteiger partial charge in [0.05, 0.1) is 0 Å². The molecule has 2 saturated carbocycles. The fraction of sp³-hybridized carbons (Fsp3) is 0.737. The zero-order valence-electron chi connectivity index (χ0n) is 13.7. The largest absolute Gasteiger partial charge is 0.459 e. The molecule has 1 aliphatic heterocycles. The van der Waals surface area contributed by atoms with Gasteiger partial charge in [0.2, 0.25) is 0 Å². The van der Waals surface area contributed by atoms with Gasteiger partial charge in [0, 0.05) is 12.0 Å². The number of allylic oxidation sites excluding steroid dienone is 1. The first-order valence-electron chi connectivity index (χ1n) is 8.63. The monoisotopic (exact) mass is 414 g/mol. The maximum atomic E-state index is 11.5. The van der Waals surface area contributed by atoms with Gasteiger partial charge in [-0.2, -0.15) is 0 Å². The van der Waals surface area contributed by atoms with Crippen molar-refractivity contribution in [3.8, 4) is 0 Å². The molecule has 0 bridgehead atoms. The number of esters is 1. The topological polar surface area (TPSA) is 26.3 Å². The fourth-order valence-corrected chi connectivity index (χ4v) is 6.24. The molecule has 1 unspecified atom stereocenters. The molecule has 1 saturated heterocycles. The summed E-state index contributed by atoms with van der Waals surface area (Å²) in [5.74, 6) is 1.98. The molecule has 0 spiro atoms. The molecule has 2 aliphatic carbocycles. The molecule has 3 fully saturated rings. The highest BCUT2D eigenvalue weighted by Gasteiger charge is 2.51. The average molecular weight is 414 g/mol. The number of cyclic esters (lactones) is 1. The predicted molar refractivity (Wildman–Crippen MR) is 97.7 cm³/mol. The standard InChI is InChI=1S/C19H27IO2/c1-12(9-15-10-13(2)18(21)22-15)16-6-7-17-14(11-20)5-4-8-19(16,17)3/h11-12,15-17H,2,4-10H2,1,3H3/t12-,15-,16-,17?,19+/m1/s1. The molecule has 122 valence electrons. The highest BCUT2D eigenvalue weighted by Crippen LogP contribution is 2.60. The van der Waals surface area contributed by atoms with E-state index in [1.807, 2.05) is 0 Å². The van der Waals surface area contributed by atoms with Gasteiger partial charge in [-0.3, -0.25) is 0 Å². The van der Waals surface area contributed by atoms with Gasteiger partial charge in [-0.25, -0.2) is 4.79 Å². The van der Waals surface area contributed by atoms with Crippen LogP contribution in [0.4, 0.5) is 0 Å². The molecule has 3 rings (SSSR count). The highest BCUT2D eigenvalue weighted by molar-refractivity contribution is 14.1. The van der Waals surface area contributed by atoms with Gasteiger partial charge in [0.15, 0.2) is 0 Å². The van der Waals surface area contributed by atoms with Crippen LogP contribution in [0.5, 0.6) is 0 Å². The van der Waals surface area contributed by atoms with Gasteiger partial charge in [-0.05, 0) is 65.8 Å². The molecule has 0 aromatic heterocycles. The van der Waals surface area contributed by atoms with Gasteiger partial charge < -0.3 is 4.74 Å². The summed E-state index contributed by atoms with van der Waals surface area (Å²) in [6.45, 7) is 8.70. The van der Waals surface area contributed by atoms with Crippen molar-refractivity contribution >= 4 is 28.6 Å². The Kier molecular flexibility index (Phi) is 4.73. The molecule has 2 nitrogen and oxygen atoms in total. The average Bonchev–Trinajstić information content (AvgIpc) is 2.98. The molecule has 1 heterocycles. The number of ether oxygens (including phenoxy) is 1. The van der Waals surface area contributed by atoms with Crippen LogP contribution in [0, 0.1) is 23.2 Å². The third-order valence-corrected chi connectivity index (χ3v) is 7.34. The van der Waals surface area contributed by atoms with E-state index in [0.717, 1.165) is 24.7 Å². The Bertz CT molecular complexity index is 494. The minimum atomic E-state index is -0.180. The Hall–Kier alpha value is -0.320. The minimum Gasteiger partial charge on any atom is -0.459 e. The van der Waals surface area contributed by atoms with E-state index in [1.165, 1.54) is 32.1 Å². The van der Waals surface area contributed by atoms with Crippen LogP contribution in [0.15, 0.2) is 21.8 Å². The SMILES string of the molecule is C=C1C[C@@H](C[C@@H](C)[C@H]2CCC3C(=CI)CCC[C@]32C)OC1=O. The number of fused-ring (bicyclic) bond motifs is 1. The van der Waals surface area contributed by atoms with Gasteiger partial charge >= 0.3 is 5.97 Å². The van der Waals surface area contributed by atoms with Crippen molar-refractivity contribution in [2.75, 3.05) is 0 Å². The second kappa shape index (κ2) is 6.29. The van der Waals surface area contributed by atoms with Crippen LogP contribution in [0.2, 0.25) is 0 Å². The summed E-state index contributed by atoms with van der Waals surface area (Å²) in [4.78, 5) is 11.5. The smallest absolute Gasteiger partial charge is 0.333 e. The van der Waals surface area contributed by atoms with Crippen molar-refractivity contribution < 1.29 is 9.53 Å². The maximum absolute atomic E-state index is 11.5. The molecular formula is C19H27IO2. The lowest BCUT2D eigenvalue weighted by molar-refractivity contribution is -0.139. The van der Waals surface area contributed by atoms with Crippen molar-refractivity contribution in [1.82, 2.24) is 0 Å². The first-order chi connectivity index (χ1) is 10.5. The van der Waals surface area contributed by atoms with E-state index in [2.05, 4.69) is 47.1 Å². The number of rotatable bonds is 3. The number of carbonyl (C=O) groups excluding carboxylic acids is 1. The Morgan fingerprint density at radius 1 is 1.50 bits per heavy atom. The van der Waals surface area contributed by atoms with Crippen LogP contribution in [0.3, 0.4) is 0 Å². The van der Waals surface area contributed by atoms with Crippen molar-refractivity contribution in [3.05, 3.63) is 21.8 Å². The summed E-state index contributed by atoms with van der Waals surface area (Å²) >= 11 is 2.43. The molecule has 0 radical (unpaired) electrons. The van der Waals surface area contributed by atoms with E-state index in [4.69, 9.17) is 4.74 Å². The normalized spacial score (nSPS) is 41.6. The summed E-state index contributed by atoms with van der Waals surface area (Å²) in [5, 5.41) is 0. The van der Waals surface area contributed by atoms with E-state index in [1.54, 1.807) is 5.57 Å². The molecular weight excluding hydrogens is 387 g/mol. The van der Waals surface area contributed by atoms with Gasteiger partial charge in [-0.15, -0.1) is 0 Å². The van der Waals surface area contributed by atoms with Crippen molar-refractivity contribution in [2.45, 2.75) is 64.9 Å². The van der Waals surface area contributed by atoms with Gasteiger partial charge in [-0.1, -0.05) is 48.6 Å². The lowest BCUT2D eigenvalue weighted by Crippen LogP contribution is -2.36. The molecule has 0 aromatic carbocycles. The summed E-state index contributed by atoms with van der Waals surface area (Å²) in [7, 11) is 0. The third-order valence-electron chi connectivity index (χ3n) is 6.54. The van der Waals surface area contributed by atoms with Gasteiger partial charge in [0.25, 0.3) is 0 Å². The quantitative estimate of drug-likeness (QED) is 0.350. The Morgan fingerprint density at radius 3 is 2.91 bits per heavy atom. The molecule has 5 atom stereocenters. The van der Waals surface area contributed by atoms with Crippen LogP contribution >= 0.6 is 22.6 Å². The van der Waals surface area contributed by atoms with Gasteiger partial charge in [0.1, 0.15) is 6.10 Å². The van der Waals surface area contributed by atoms with E-state index < -0.39 is 0 Å². The Balaban J connectivity index is 1.69. The van der Waals surface area contributed by atoms with Crippen LogP contribution in [0.25, 0.3) is 0 Å². The van der Waals surface area contributed by atoms with Crippen LogP contribution in [-0.4, -0.2) is 12.1 Å². The number of hydrogen-bond acceptors (Lipinski definition) is 2. The zero-order valence-corrected chi connectivity index (χ0v) is 15.9. The lowest BCUT2D eigenvalue weighted by atomic mass is 9.61. The zero-order chi connectivity index (χ0) is 15.9. The number of carbonyl (C=O) groups is 1. The molecule has 0 N–H and O–H groups in total. The molecule has 22 heavy (non-hydrogen) atoms. The van der Waals surface area contributed by atoms with Crippen LogP contribution in [0.1, 0.15) is 58.8 Å². The third kappa shape index (κ3) is 2.78.